The van der Waals surface area contributed by atoms with Gasteiger partial charge >= 0.3 is 5.97 Å². The molecule has 2 aromatic rings. The molecule has 0 aliphatic heterocycles. The van der Waals surface area contributed by atoms with Crippen molar-refractivity contribution in [1.29, 1.82) is 0 Å². The van der Waals surface area contributed by atoms with Crippen molar-refractivity contribution in [3.8, 4) is 0 Å². The Morgan fingerprint density at radius 2 is 2.05 bits per heavy atom. The van der Waals surface area contributed by atoms with E-state index in [-0.39, 0.29) is 5.82 Å². The second-order valence-corrected chi connectivity index (χ2v) is 5.51. The zero-order chi connectivity index (χ0) is 15.4. The molecule has 1 heterocycles. The number of ether oxygens (including phenoxy) is 1. The summed E-state index contributed by atoms with van der Waals surface area (Å²) in [6.45, 7) is 6.09. The van der Waals surface area contributed by atoms with Crippen molar-refractivity contribution in [1.82, 2.24) is 4.98 Å². The molecule has 4 nitrogen and oxygen atoms in total. The van der Waals surface area contributed by atoms with E-state index in [1.54, 1.807) is 38.3 Å². The molecular formula is C15H17FN2O2S. The highest BCUT2D eigenvalue weighted by molar-refractivity contribution is 7.13. The number of halogens is 1. The summed E-state index contributed by atoms with van der Waals surface area (Å²) >= 11 is 1.34. The number of benzene rings is 1. The van der Waals surface area contributed by atoms with Crippen LogP contribution in [0.15, 0.2) is 17.5 Å². The summed E-state index contributed by atoms with van der Waals surface area (Å²) in [7, 11) is 0. The van der Waals surface area contributed by atoms with Crippen molar-refractivity contribution >= 4 is 22.4 Å². The highest BCUT2D eigenvalue weighted by Gasteiger charge is 2.11. The average molecular weight is 308 g/mol. The fourth-order valence-corrected chi connectivity index (χ4v) is 2.65. The van der Waals surface area contributed by atoms with E-state index < -0.39 is 5.97 Å². The van der Waals surface area contributed by atoms with Crippen LogP contribution in [0.25, 0.3) is 0 Å². The second-order valence-electron chi connectivity index (χ2n) is 4.66. The molecule has 0 fully saturated rings. The van der Waals surface area contributed by atoms with Crippen LogP contribution in [0.1, 0.15) is 34.1 Å². The number of aryl methyl sites for hydroxylation is 2. The van der Waals surface area contributed by atoms with Crippen LogP contribution in [0.5, 0.6) is 0 Å². The van der Waals surface area contributed by atoms with E-state index in [0.717, 1.165) is 5.56 Å². The molecule has 0 bridgehead atoms. The van der Waals surface area contributed by atoms with Crippen LogP contribution >= 0.6 is 11.3 Å². The lowest BCUT2D eigenvalue weighted by molar-refractivity contribution is 0.0520. The SMILES string of the molecule is CCOC(=O)c1csc(NCc2cc(C)c(F)c(C)c2)n1. The zero-order valence-electron chi connectivity index (χ0n) is 12.2. The number of rotatable bonds is 5. The molecular weight excluding hydrogens is 291 g/mol. The standard InChI is InChI=1S/C15H17FN2O2S/c1-4-20-14(19)12-8-21-15(18-12)17-7-11-5-9(2)13(16)10(3)6-11/h5-6,8H,4,7H2,1-3H3,(H,17,18). The maximum Gasteiger partial charge on any atom is 0.357 e. The fourth-order valence-electron chi connectivity index (χ4n) is 1.97. The van der Waals surface area contributed by atoms with Crippen LogP contribution in [0.2, 0.25) is 0 Å². The predicted octanol–water partition coefficient (Wildman–Crippen LogP) is 3.69. The van der Waals surface area contributed by atoms with Crippen LogP contribution in [-0.4, -0.2) is 17.6 Å². The van der Waals surface area contributed by atoms with E-state index in [0.29, 0.717) is 35.1 Å². The van der Waals surface area contributed by atoms with Gasteiger partial charge < -0.3 is 10.1 Å². The molecule has 21 heavy (non-hydrogen) atoms. The smallest absolute Gasteiger partial charge is 0.357 e. The van der Waals surface area contributed by atoms with Crippen LogP contribution in [0, 0.1) is 19.7 Å². The van der Waals surface area contributed by atoms with Crippen molar-refractivity contribution in [3.63, 3.8) is 0 Å². The first kappa shape index (κ1) is 15.4. The van der Waals surface area contributed by atoms with Crippen LogP contribution in [-0.2, 0) is 11.3 Å². The minimum atomic E-state index is -0.421. The maximum atomic E-state index is 13.6. The van der Waals surface area contributed by atoms with E-state index in [2.05, 4.69) is 10.3 Å². The van der Waals surface area contributed by atoms with E-state index >= 15 is 0 Å². The van der Waals surface area contributed by atoms with Gasteiger partial charge in [-0.1, -0.05) is 12.1 Å². The van der Waals surface area contributed by atoms with Gasteiger partial charge in [-0.25, -0.2) is 14.2 Å². The first-order valence-electron chi connectivity index (χ1n) is 6.63. The average Bonchev–Trinajstić information content (AvgIpc) is 2.91. The monoisotopic (exact) mass is 308 g/mol. The largest absolute Gasteiger partial charge is 0.461 e. The third kappa shape index (κ3) is 3.78. The molecule has 0 aliphatic carbocycles. The molecule has 6 heteroatoms. The Hall–Kier alpha value is -1.95. The molecule has 112 valence electrons. The first-order chi connectivity index (χ1) is 10.0. The van der Waals surface area contributed by atoms with Crippen molar-refractivity contribution in [2.75, 3.05) is 11.9 Å². The number of aromatic nitrogens is 1. The van der Waals surface area contributed by atoms with Gasteiger partial charge in [0.25, 0.3) is 0 Å². The Balaban J connectivity index is 2.02. The lowest BCUT2D eigenvalue weighted by atomic mass is 10.1. The van der Waals surface area contributed by atoms with Gasteiger partial charge in [-0.05, 0) is 37.5 Å². The Labute approximate surface area is 127 Å². The number of carbonyl (C=O) groups is 1. The van der Waals surface area contributed by atoms with Gasteiger partial charge in [0.05, 0.1) is 6.61 Å². The van der Waals surface area contributed by atoms with E-state index in [9.17, 15) is 9.18 Å². The number of hydrogen-bond donors (Lipinski definition) is 1. The molecule has 0 saturated heterocycles. The Bertz CT molecular complexity index is 632. The van der Waals surface area contributed by atoms with Crippen LogP contribution in [0.3, 0.4) is 0 Å². The number of carbonyl (C=O) groups excluding carboxylic acids is 1. The molecule has 0 amide bonds. The highest BCUT2D eigenvalue weighted by atomic mass is 32.1. The van der Waals surface area contributed by atoms with Gasteiger partial charge in [0.1, 0.15) is 5.82 Å². The van der Waals surface area contributed by atoms with Crippen LogP contribution < -0.4 is 5.32 Å². The molecule has 1 N–H and O–H groups in total. The zero-order valence-corrected chi connectivity index (χ0v) is 13.0. The van der Waals surface area contributed by atoms with Gasteiger partial charge in [0, 0.05) is 11.9 Å². The number of hydrogen-bond acceptors (Lipinski definition) is 5. The lowest BCUT2D eigenvalue weighted by Crippen LogP contribution is -2.06. The third-order valence-electron chi connectivity index (χ3n) is 2.93. The second kappa shape index (κ2) is 6.67. The van der Waals surface area contributed by atoms with E-state index in [4.69, 9.17) is 4.74 Å². The van der Waals surface area contributed by atoms with E-state index in [1.165, 1.54) is 11.3 Å². The minimum Gasteiger partial charge on any atom is -0.461 e. The first-order valence-corrected chi connectivity index (χ1v) is 7.51. The summed E-state index contributed by atoms with van der Waals surface area (Å²) in [5.41, 5.74) is 2.52. The lowest BCUT2D eigenvalue weighted by Gasteiger charge is -2.07. The number of esters is 1. The molecule has 0 unspecified atom stereocenters. The number of anilines is 1. The number of nitrogens with zero attached hydrogens (tertiary/aromatic N) is 1. The van der Waals surface area contributed by atoms with Gasteiger partial charge in [0.15, 0.2) is 10.8 Å². The quantitative estimate of drug-likeness (QED) is 0.856. The van der Waals surface area contributed by atoms with Gasteiger partial charge in [0.2, 0.25) is 0 Å². The fraction of sp³-hybridized carbons (Fsp3) is 0.333. The normalized spacial score (nSPS) is 10.5. The number of thiazole rings is 1. The Kier molecular flexibility index (Phi) is 4.90. The topological polar surface area (TPSA) is 51.2 Å². The number of nitrogens with one attached hydrogen (secondary N) is 1. The Morgan fingerprint density at radius 1 is 1.38 bits per heavy atom. The van der Waals surface area contributed by atoms with Crippen molar-refractivity contribution in [3.05, 3.63) is 45.7 Å². The molecule has 1 aromatic carbocycles. The minimum absolute atomic E-state index is 0.169. The van der Waals surface area contributed by atoms with Crippen molar-refractivity contribution in [2.45, 2.75) is 27.3 Å². The summed E-state index contributed by atoms with van der Waals surface area (Å²) < 4.78 is 18.4. The Morgan fingerprint density at radius 3 is 2.67 bits per heavy atom. The molecule has 0 atom stereocenters. The highest BCUT2D eigenvalue weighted by Crippen LogP contribution is 2.19. The molecule has 0 aliphatic rings. The molecule has 1 aromatic heterocycles. The van der Waals surface area contributed by atoms with Gasteiger partial charge in [-0.15, -0.1) is 11.3 Å². The summed E-state index contributed by atoms with van der Waals surface area (Å²) in [6, 6.07) is 3.60. The molecule has 0 spiro atoms. The summed E-state index contributed by atoms with van der Waals surface area (Å²) in [5.74, 6) is -0.590. The van der Waals surface area contributed by atoms with E-state index in [1.807, 2.05) is 0 Å². The summed E-state index contributed by atoms with van der Waals surface area (Å²) in [5, 5.41) is 5.42. The molecule has 0 radical (unpaired) electrons. The van der Waals surface area contributed by atoms with Crippen molar-refractivity contribution < 1.29 is 13.9 Å². The summed E-state index contributed by atoms with van der Waals surface area (Å²) in [6.07, 6.45) is 0. The third-order valence-corrected chi connectivity index (χ3v) is 3.73. The van der Waals surface area contributed by atoms with Crippen LogP contribution in [0.4, 0.5) is 9.52 Å². The van der Waals surface area contributed by atoms with Gasteiger partial charge in [-0.3, -0.25) is 0 Å². The predicted molar refractivity (Wildman–Crippen MR) is 81.3 cm³/mol. The maximum absolute atomic E-state index is 13.6. The van der Waals surface area contributed by atoms with Crippen molar-refractivity contribution in [2.24, 2.45) is 0 Å². The van der Waals surface area contributed by atoms with Gasteiger partial charge in [-0.2, -0.15) is 0 Å². The molecule has 2 rings (SSSR count). The molecule has 0 saturated carbocycles. The summed E-state index contributed by atoms with van der Waals surface area (Å²) in [4.78, 5) is 15.7.